The number of nitrogens with one attached hydrogen (secondary N) is 2. The van der Waals surface area contributed by atoms with E-state index in [1.54, 1.807) is 13.0 Å². The highest BCUT2D eigenvalue weighted by molar-refractivity contribution is 5.88. The van der Waals surface area contributed by atoms with Gasteiger partial charge in [0.25, 0.3) is 0 Å². The first-order chi connectivity index (χ1) is 12.4. The molecule has 0 aliphatic heterocycles. The quantitative estimate of drug-likeness (QED) is 0.677. The van der Waals surface area contributed by atoms with Crippen LogP contribution in [0.5, 0.6) is 0 Å². The van der Waals surface area contributed by atoms with Gasteiger partial charge >= 0.3 is 5.97 Å². The monoisotopic (exact) mass is 358 g/mol. The van der Waals surface area contributed by atoms with Crippen molar-refractivity contribution < 1.29 is 19.1 Å². The Kier molecular flexibility index (Phi) is 6.86. The minimum absolute atomic E-state index is 0.285. The molecule has 0 unspecified atom stereocenters. The van der Waals surface area contributed by atoms with Crippen LogP contribution in [0.15, 0.2) is 42.5 Å². The average Bonchev–Trinajstić information content (AvgIpc) is 2.58. The molecule has 0 saturated carbocycles. The molecular weight excluding hydrogens is 335 g/mol. The van der Waals surface area contributed by atoms with Gasteiger partial charge in [-0.2, -0.15) is 0 Å². The second kappa shape index (κ2) is 9.10. The summed E-state index contributed by atoms with van der Waals surface area (Å²) in [7, 11) is 0. The molecule has 3 N–H and O–H groups in total. The fourth-order valence-corrected chi connectivity index (χ4v) is 2.72. The van der Waals surface area contributed by atoms with Crippen molar-refractivity contribution >= 4 is 17.6 Å². The summed E-state index contributed by atoms with van der Waals surface area (Å²) in [6.07, 6.45) is 0.695. The highest BCUT2D eigenvalue weighted by Crippen LogP contribution is 2.21. The molecule has 2 aromatic carbocycles. The number of anilines is 1. The Balaban J connectivity index is 2.05. The lowest BCUT2D eigenvalue weighted by Gasteiger charge is -2.16. The van der Waals surface area contributed by atoms with Gasteiger partial charge in [-0.3, -0.25) is 9.59 Å². The highest BCUT2D eigenvalue weighted by atomic mass is 19.1. The van der Waals surface area contributed by atoms with Gasteiger partial charge < -0.3 is 15.7 Å². The van der Waals surface area contributed by atoms with Gasteiger partial charge in [-0.25, -0.2) is 4.39 Å². The molecule has 0 heterocycles. The van der Waals surface area contributed by atoms with Gasteiger partial charge in [0.2, 0.25) is 5.91 Å². The number of aliphatic carboxylic acids is 1. The number of hydrogen-bond acceptors (Lipinski definition) is 3. The van der Waals surface area contributed by atoms with Crippen molar-refractivity contribution in [2.75, 3.05) is 5.32 Å². The Morgan fingerprint density at radius 2 is 1.88 bits per heavy atom. The third-order valence-electron chi connectivity index (χ3n) is 4.17. The lowest BCUT2D eigenvalue weighted by molar-refractivity contribution is -0.139. The molecule has 0 radical (unpaired) electrons. The van der Waals surface area contributed by atoms with Gasteiger partial charge in [0.05, 0.1) is 0 Å². The first-order valence-corrected chi connectivity index (χ1v) is 8.43. The summed E-state index contributed by atoms with van der Waals surface area (Å²) in [4.78, 5) is 22.7. The topological polar surface area (TPSA) is 78.4 Å². The maximum atomic E-state index is 14.1. The van der Waals surface area contributed by atoms with Crippen LogP contribution in [0.4, 0.5) is 10.1 Å². The molecule has 0 fully saturated rings. The van der Waals surface area contributed by atoms with E-state index >= 15 is 0 Å². The largest absolute Gasteiger partial charge is 0.480 e. The van der Waals surface area contributed by atoms with Gasteiger partial charge in [-0.1, -0.05) is 30.3 Å². The van der Waals surface area contributed by atoms with E-state index in [1.807, 2.05) is 30.3 Å². The summed E-state index contributed by atoms with van der Waals surface area (Å²) >= 11 is 0. The first-order valence-electron chi connectivity index (χ1n) is 8.43. The summed E-state index contributed by atoms with van der Waals surface area (Å²) in [5.74, 6) is -1.65. The molecule has 0 aliphatic carbocycles. The Labute approximate surface area is 152 Å². The third kappa shape index (κ3) is 5.67. The third-order valence-corrected chi connectivity index (χ3v) is 4.17. The van der Waals surface area contributed by atoms with Crippen LogP contribution < -0.4 is 10.6 Å². The molecule has 0 bridgehead atoms. The zero-order valence-electron chi connectivity index (χ0n) is 14.9. The number of rotatable bonds is 8. The minimum atomic E-state index is -0.947. The Hall–Kier alpha value is -2.73. The lowest BCUT2D eigenvalue weighted by Crippen LogP contribution is -2.36. The molecule has 26 heavy (non-hydrogen) atoms. The smallest absolute Gasteiger partial charge is 0.320 e. The van der Waals surface area contributed by atoms with Crippen LogP contribution in [-0.2, 0) is 22.6 Å². The Morgan fingerprint density at radius 1 is 1.19 bits per heavy atom. The van der Waals surface area contributed by atoms with Gasteiger partial charge in [0, 0.05) is 19.2 Å². The standard InChI is InChI=1S/C20H23FN2O3/c1-13-16(10-17(11-18(13)21)23-14(2)24)8-9-19(20(25)26)22-12-15-6-4-3-5-7-15/h3-7,10-11,19,22H,8-9,12H2,1-2H3,(H,23,24)(H,25,26)/t19-/m0/s1. The van der Waals surface area contributed by atoms with Crippen LogP contribution in [0.25, 0.3) is 0 Å². The molecule has 0 aliphatic rings. The summed E-state index contributed by atoms with van der Waals surface area (Å²) in [5, 5.41) is 15.0. The summed E-state index contributed by atoms with van der Waals surface area (Å²) in [6.45, 7) is 3.44. The van der Waals surface area contributed by atoms with E-state index in [1.165, 1.54) is 13.0 Å². The number of hydrogen-bond donors (Lipinski definition) is 3. The van der Waals surface area contributed by atoms with Crippen LogP contribution in [-0.4, -0.2) is 23.0 Å². The molecule has 6 heteroatoms. The molecule has 1 atom stereocenters. The van der Waals surface area contributed by atoms with Crippen molar-refractivity contribution in [3.63, 3.8) is 0 Å². The van der Waals surface area contributed by atoms with Crippen LogP contribution in [0.3, 0.4) is 0 Å². The van der Waals surface area contributed by atoms with Crippen molar-refractivity contribution in [2.24, 2.45) is 0 Å². The molecule has 0 saturated heterocycles. The molecular formula is C20H23FN2O3. The Morgan fingerprint density at radius 3 is 2.50 bits per heavy atom. The summed E-state index contributed by atoms with van der Waals surface area (Å²) in [6, 6.07) is 11.7. The molecule has 0 aromatic heterocycles. The van der Waals surface area contributed by atoms with Crippen molar-refractivity contribution in [1.82, 2.24) is 5.32 Å². The fraction of sp³-hybridized carbons (Fsp3) is 0.300. The summed E-state index contributed by atoms with van der Waals surface area (Å²) in [5.41, 5.74) is 2.51. The molecule has 1 amide bonds. The number of carbonyl (C=O) groups is 2. The number of amides is 1. The van der Waals surface area contributed by atoms with E-state index in [-0.39, 0.29) is 5.91 Å². The molecule has 0 spiro atoms. The van der Waals surface area contributed by atoms with E-state index in [0.717, 1.165) is 5.56 Å². The second-order valence-corrected chi connectivity index (χ2v) is 6.22. The van der Waals surface area contributed by atoms with Gasteiger partial charge in [0.1, 0.15) is 11.9 Å². The van der Waals surface area contributed by atoms with Crippen molar-refractivity contribution in [3.8, 4) is 0 Å². The maximum absolute atomic E-state index is 14.1. The van der Waals surface area contributed by atoms with E-state index in [2.05, 4.69) is 10.6 Å². The predicted molar refractivity (Wildman–Crippen MR) is 98.5 cm³/mol. The molecule has 5 nitrogen and oxygen atoms in total. The molecule has 138 valence electrons. The average molecular weight is 358 g/mol. The first kappa shape index (κ1) is 19.6. The zero-order valence-corrected chi connectivity index (χ0v) is 14.9. The lowest BCUT2D eigenvalue weighted by atomic mass is 9.99. The molecule has 2 rings (SSSR count). The second-order valence-electron chi connectivity index (χ2n) is 6.22. The van der Waals surface area contributed by atoms with Crippen molar-refractivity contribution in [3.05, 3.63) is 65.0 Å². The number of halogens is 1. The zero-order chi connectivity index (χ0) is 19.1. The van der Waals surface area contributed by atoms with Gasteiger partial charge in [-0.05, 0) is 48.6 Å². The van der Waals surface area contributed by atoms with E-state index in [4.69, 9.17) is 0 Å². The number of carbonyl (C=O) groups excluding carboxylic acids is 1. The minimum Gasteiger partial charge on any atom is -0.480 e. The van der Waals surface area contributed by atoms with E-state index < -0.39 is 17.8 Å². The van der Waals surface area contributed by atoms with Crippen molar-refractivity contribution in [1.29, 1.82) is 0 Å². The van der Waals surface area contributed by atoms with E-state index in [9.17, 15) is 19.1 Å². The van der Waals surface area contributed by atoms with E-state index in [0.29, 0.717) is 36.2 Å². The maximum Gasteiger partial charge on any atom is 0.320 e. The molecule has 2 aromatic rings. The number of benzene rings is 2. The van der Waals surface area contributed by atoms with Crippen LogP contribution >= 0.6 is 0 Å². The normalized spacial score (nSPS) is 11.8. The summed E-state index contributed by atoms with van der Waals surface area (Å²) < 4.78 is 14.1. The van der Waals surface area contributed by atoms with Gasteiger partial charge in [0.15, 0.2) is 0 Å². The van der Waals surface area contributed by atoms with Crippen LogP contribution in [0.1, 0.15) is 30.0 Å². The van der Waals surface area contributed by atoms with Crippen LogP contribution in [0, 0.1) is 12.7 Å². The predicted octanol–water partition coefficient (Wildman–Crippen LogP) is 3.27. The van der Waals surface area contributed by atoms with Crippen molar-refractivity contribution in [2.45, 2.75) is 39.3 Å². The highest BCUT2D eigenvalue weighted by Gasteiger charge is 2.18. The number of carboxylic acids is 1. The SMILES string of the molecule is CC(=O)Nc1cc(F)c(C)c(CC[C@H](NCc2ccccc2)C(=O)O)c1. The fourth-order valence-electron chi connectivity index (χ4n) is 2.72. The van der Waals surface area contributed by atoms with Crippen LogP contribution in [0.2, 0.25) is 0 Å². The number of aryl methyl sites for hydroxylation is 1. The van der Waals surface area contributed by atoms with Gasteiger partial charge in [-0.15, -0.1) is 0 Å². The Bertz CT molecular complexity index is 778. The number of carboxylic acid groups (broad SMARTS) is 1.